The highest BCUT2D eigenvalue weighted by Crippen LogP contribution is 2.39. The highest BCUT2D eigenvalue weighted by Gasteiger charge is 2.45. The van der Waals surface area contributed by atoms with Crippen LogP contribution >= 0.6 is 0 Å². The normalized spacial score (nSPS) is 17.8. The Morgan fingerprint density at radius 1 is 1.03 bits per heavy atom. The second-order valence-corrected chi connectivity index (χ2v) is 8.34. The monoisotopic (exact) mass is 450 g/mol. The number of ether oxygens (including phenoxy) is 1. The largest absolute Gasteiger partial charge is 0.507 e. The third-order valence-corrected chi connectivity index (χ3v) is 6.23. The predicted octanol–water partition coefficient (Wildman–Crippen LogP) is 4.47. The second kappa shape index (κ2) is 10.7. The van der Waals surface area contributed by atoms with Crippen molar-refractivity contribution in [2.75, 3.05) is 32.8 Å². The zero-order chi connectivity index (χ0) is 24.1. The molecule has 1 fully saturated rings. The van der Waals surface area contributed by atoms with E-state index in [0.717, 1.165) is 35.5 Å². The number of nitrogens with zero attached hydrogens (tertiary/aromatic N) is 2. The number of ketones is 1. The summed E-state index contributed by atoms with van der Waals surface area (Å²) in [5, 5.41) is 11.3. The zero-order valence-electron chi connectivity index (χ0n) is 20.2. The SMILES string of the molecule is CCOc1ccc(C(O)=C2C(=O)C(=O)N(CCN(CC)CC)C2c2ccc(C)cc2)cc1C. The van der Waals surface area contributed by atoms with Gasteiger partial charge in [0.25, 0.3) is 11.7 Å². The van der Waals surface area contributed by atoms with Gasteiger partial charge in [-0.2, -0.15) is 0 Å². The summed E-state index contributed by atoms with van der Waals surface area (Å²) in [5.41, 5.74) is 3.37. The smallest absolute Gasteiger partial charge is 0.295 e. The third kappa shape index (κ3) is 5.11. The van der Waals surface area contributed by atoms with Crippen LogP contribution in [-0.4, -0.2) is 59.4 Å². The van der Waals surface area contributed by atoms with Gasteiger partial charge in [0.05, 0.1) is 18.2 Å². The molecule has 1 unspecified atom stereocenters. The highest BCUT2D eigenvalue weighted by atomic mass is 16.5. The van der Waals surface area contributed by atoms with Crippen molar-refractivity contribution >= 4 is 17.4 Å². The van der Waals surface area contributed by atoms with E-state index in [0.29, 0.717) is 25.3 Å². The van der Waals surface area contributed by atoms with Crippen LogP contribution in [0.2, 0.25) is 0 Å². The van der Waals surface area contributed by atoms with Crippen molar-refractivity contribution in [1.82, 2.24) is 9.80 Å². The van der Waals surface area contributed by atoms with Crippen LogP contribution in [0.1, 0.15) is 49.1 Å². The van der Waals surface area contributed by atoms with E-state index in [1.165, 1.54) is 0 Å². The fraction of sp³-hybridized carbons (Fsp3) is 0.407. The molecule has 33 heavy (non-hydrogen) atoms. The van der Waals surface area contributed by atoms with Crippen LogP contribution < -0.4 is 4.74 Å². The van der Waals surface area contributed by atoms with Crippen LogP contribution in [-0.2, 0) is 9.59 Å². The van der Waals surface area contributed by atoms with Gasteiger partial charge >= 0.3 is 0 Å². The van der Waals surface area contributed by atoms with Gasteiger partial charge in [-0.25, -0.2) is 0 Å². The summed E-state index contributed by atoms with van der Waals surface area (Å²) in [6.07, 6.45) is 0. The number of Topliss-reactive ketones (excluding diaryl/α,β-unsaturated/α-hetero) is 1. The number of aliphatic hydroxyl groups is 1. The quantitative estimate of drug-likeness (QED) is 0.347. The van der Waals surface area contributed by atoms with Crippen molar-refractivity contribution in [2.24, 2.45) is 0 Å². The van der Waals surface area contributed by atoms with Gasteiger partial charge in [0.2, 0.25) is 0 Å². The lowest BCUT2D eigenvalue weighted by molar-refractivity contribution is -0.140. The van der Waals surface area contributed by atoms with Gasteiger partial charge in [-0.05, 0) is 63.2 Å². The van der Waals surface area contributed by atoms with Crippen molar-refractivity contribution in [3.63, 3.8) is 0 Å². The molecule has 1 saturated heterocycles. The van der Waals surface area contributed by atoms with Gasteiger partial charge in [0.15, 0.2) is 0 Å². The summed E-state index contributed by atoms with van der Waals surface area (Å²) in [5.74, 6) is -0.652. The lowest BCUT2D eigenvalue weighted by atomic mass is 9.94. The van der Waals surface area contributed by atoms with Gasteiger partial charge in [-0.1, -0.05) is 43.7 Å². The maximum Gasteiger partial charge on any atom is 0.295 e. The molecule has 1 atom stereocenters. The Hall–Kier alpha value is -3.12. The van der Waals surface area contributed by atoms with Crippen LogP contribution in [0.15, 0.2) is 48.0 Å². The number of hydrogen-bond acceptors (Lipinski definition) is 5. The first-order chi connectivity index (χ1) is 15.8. The molecule has 6 nitrogen and oxygen atoms in total. The Morgan fingerprint density at radius 2 is 1.70 bits per heavy atom. The molecular formula is C27H34N2O4. The molecule has 2 aromatic rings. The minimum atomic E-state index is -0.649. The molecule has 0 saturated carbocycles. The van der Waals surface area contributed by atoms with E-state index >= 15 is 0 Å². The first-order valence-corrected chi connectivity index (χ1v) is 11.6. The molecule has 1 aliphatic heterocycles. The third-order valence-electron chi connectivity index (χ3n) is 6.23. The number of likely N-dealkylation sites (N-methyl/N-ethyl adjacent to an activating group) is 1. The second-order valence-electron chi connectivity index (χ2n) is 8.34. The Kier molecular flexibility index (Phi) is 7.92. The number of carbonyl (C=O) groups excluding carboxylic acids is 2. The van der Waals surface area contributed by atoms with E-state index in [2.05, 4.69) is 18.7 Å². The number of likely N-dealkylation sites (tertiary alicyclic amines) is 1. The number of rotatable bonds is 9. The first-order valence-electron chi connectivity index (χ1n) is 11.6. The summed E-state index contributed by atoms with van der Waals surface area (Å²) in [6, 6.07) is 12.4. The molecule has 3 rings (SSSR count). The van der Waals surface area contributed by atoms with Crippen LogP contribution in [0.4, 0.5) is 0 Å². The number of carbonyl (C=O) groups is 2. The molecule has 176 valence electrons. The lowest BCUT2D eigenvalue weighted by Gasteiger charge is -2.28. The van der Waals surface area contributed by atoms with E-state index in [-0.39, 0.29) is 11.3 Å². The van der Waals surface area contributed by atoms with Gasteiger partial charge < -0.3 is 19.6 Å². The van der Waals surface area contributed by atoms with Gasteiger partial charge in [-0.15, -0.1) is 0 Å². The maximum atomic E-state index is 13.2. The van der Waals surface area contributed by atoms with Crippen molar-refractivity contribution < 1.29 is 19.4 Å². The average molecular weight is 451 g/mol. The van der Waals surface area contributed by atoms with Crippen molar-refractivity contribution in [2.45, 2.75) is 40.7 Å². The molecule has 1 heterocycles. The average Bonchev–Trinajstić information content (AvgIpc) is 3.06. The maximum absolute atomic E-state index is 13.2. The topological polar surface area (TPSA) is 70.1 Å². The van der Waals surface area contributed by atoms with Crippen LogP contribution in [0.5, 0.6) is 5.75 Å². The highest BCUT2D eigenvalue weighted by molar-refractivity contribution is 6.46. The van der Waals surface area contributed by atoms with E-state index in [1.807, 2.05) is 45.0 Å². The summed E-state index contributed by atoms with van der Waals surface area (Å²) in [7, 11) is 0. The van der Waals surface area contributed by atoms with Crippen LogP contribution in [0, 0.1) is 13.8 Å². The number of benzene rings is 2. The molecule has 1 amide bonds. The van der Waals surface area contributed by atoms with Gasteiger partial charge in [-0.3, -0.25) is 9.59 Å². The number of hydrogen-bond donors (Lipinski definition) is 1. The number of aryl methyl sites for hydroxylation is 2. The fourth-order valence-electron chi connectivity index (χ4n) is 4.26. The molecule has 0 aromatic heterocycles. The molecular weight excluding hydrogens is 416 g/mol. The van der Waals surface area contributed by atoms with E-state index < -0.39 is 17.7 Å². The van der Waals surface area contributed by atoms with Crippen LogP contribution in [0.25, 0.3) is 5.76 Å². The molecule has 1 N–H and O–H groups in total. The molecule has 2 aromatic carbocycles. The predicted molar refractivity (Wildman–Crippen MR) is 130 cm³/mol. The minimum absolute atomic E-state index is 0.131. The molecule has 6 heteroatoms. The summed E-state index contributed by atoms with van der Waals surface area (Å²) >= 11 is 0. The standard InChI is InChI=1S/C27H34N2O4/c1-6-28(7-2)15-16-29-24(20-11-9-18(4)10-12-20)23(26(31)27(29)32)25(30)21-13-14-22(33-8-3)19(5)17-21/h9-14,17,24,30H,6-8,15-16H2,1-5H3. The number of amides is 1. The molecule has 1 aliphatic rings. The molecule has 0 aliphatic carbocycles. The summed E-state index contributed by atoms with van der Waals surface area (Å²) < 4.78 is 5.60. The Labute approximate surface area is 196 Å². The number of aliphatic hydroxyl groups excluding tert-OH is 1. The summed E-state index contributed by atoms with van der Waals surface area (Å²) in [4.78, 5) is 30.1. The van der Waals surface area contributed by atoms with Crippen molar-refractivity contribution in [3.05, 3.63) is 70.3 Å². The molecule has 0 spiro atoms. The van der Waals surface area contributed by atoms with E-state index in [4.69, 9.17) is 4.74 Å². The van der Waals surface area contributed by atoms with E-state index in [9.17, 15) is 14.7 Å². The Bertz CT molecular complexity index is 1040. The van der Waals surface area contributed by atoms with Gasteiger partial charge in [0, 0.05) is 18.7 Å². The van der Waals surface area contributed by atoms with Crippen molar-refractivity contribution in [1.29, 1.82) is 0 Å². The lowest BCUT2D eigenvalue weighted by Crippen LogP contribution is -2.38. The fourth-order valence-corrected chi connectivity index (χ4v) is 4.26. The van der Waals surface area contributed by atoms with Crippen molar-refractivity contribution in [3.8, 4) is 5.75 Å². The molecule has 0 bridgehead atoms. The van der Waals surface area contributed by atoms with Gasteiger partial charge in [0.1, 0.15) is 11.5 Å². The summed E-state index contributed by atoms with van der Waals surface area (Å²) in [6.45, 7) is 13.3. The minimum Gasteiger partial charge on any atom is -0.507 e. The Morgan fingerprint density at radius 3 is 2.27 bits per heavy atom. The zero-order valence-corrected chi connectivity index (χ0v) is 20.2. The van der Waals surface area contributed by atoms with E-state index in [1.54, 1.807) is 23.1 Å². The first kappa shape index (κ1) is 24.5. The Balaban J connectivity index is 2.09. The van der Waals surface area contributed by atoms with Crippen LogP contribution in [0.3, 0.4) is 0 Å². The molecule has 0 radical (unpaired) electrons.